The van der Waals surface area contributed by atoms with E-state index in [4.69, 9.17) is 9.47 Å². The topological polar surface area (TPSA) is 30.5 Å². The number of nitrogens with one attached hydrogen (secondary N) is 1. The Labute approximate surface area is 120 Å². The van der Waals surface area contributed by atoms with Gasteiger partial charge in [-0.15, -0.1) is 0 Å². The van der Waals surface area contributed by atoms with Crippen LogP contribution < -0.4 is 14.8 Å². The van der Waals surface area contributed by atoms with Crippen LogP contribution in [-0.4, -0.2) is 26.8 Å². The molecule has 1 aromatic carbocycles. The summed E-state index contributed by atoms with van der Waals surface area (Å²) in [7, 11) is 3.21. The molecule has 1 fully saturated rings. The van der Waals surface area contributed by atoms with E-state index in [-0.39, 0.29) is 0 Å². The third-order valence-corrected chi connectivity index (χ3v) is 3.94. The molecule has 20 heavy (non-hydrogen) atoms. The molecule has 0 saturated carbocycles. The van der Waals surface area contributed by atoms with Crippen molar-refractivity contribution in [1.82, 2.24) is 5.32 Å². The molecule has 1 heterocycles. The van der Waals surface area contributed by atoms with E-state index >= 15 is 0 Å². The molecular formula is C16H24FNO2. The van der Waals surface area contributed by atoms with Crippen molar-refractivity contribution in [2.24, 2.45) is 0 Å². The van der Waals surface area contributed by atoms with Crippen LogP contribution in [0, 0.1) is 0 Å². The quantitative estimate of drug-likeness (QED) is 0.897. The fraction of sp³-hybridized carbons (Fsp3) is 0.625. The number of rotatable bonds is 5. The summed E-state index contributed by atoms with van der Waals surface area (Å²) < 4.78 is 24.4. The Hall–Kier alpha value is -1.29. The van der Waals surface area contributed by atoms with Crippen molar-refractivity contribution in [2.75, 3.05) is 20.8 Å². The highest BCUT2D eigenvalue weighted by Crippen LogP contribution is 2.35. The van der Waals surface area contributed by atoms with Gasteiger partial charge in [-0.3, -0.25) is 0 Å². The molecule has 112 valence electrons. The second-order valence-electron chi connectivity index (χ2n) is 5.37. The Bertz CT molecular complexity index is 442. The minimum absolute atomic E-state index is 0.469. The lowest BCUT2D eigenvalue weighted by molar-refractivity contribution is 0.339. The summed E-state index contributed by atoms with van der Waals surface area (Å²) in [4.78, 5) is 0. The van der Waals surface area contributed by atoms with Gasteiger partial charge in [0.05, 0.1) is 14.2 Å². The van der Waals surface area contributed by atoms with Crippen LogP contribution in [0.25, 0.3) is 0 Å². The molecule has 0 bridgehead atoms. The maximum absolute atomic E-state index is 13.6. The van der Waals surface area contributed by atoms with Crippen LogP contribution in [0.4, 0.5) is 4.39 Å². The highest BCUT2D eigenvalue weighted by molar-refractivity contribution is 5.47. The van der Waals surface area contributed by atoms with Crippen molar-refractivity contribution >= 4 is 0 Å². The molecule has 1 N–H and O–H groups in total. The van der Waals surface area contributed by atoms with Crippen molar-refractivity contribution in [3.8, 4) is 11.5 Å². The second-order valence-corrected chi connectivity index (χ2v) is 5.37. The zero-order chi connectivity index (χ0) is 14.5. The van der Waals surface area contributed by atoms with Crippen LogP contribution in [0.1, 0.15) is 43.5 Å². The predicted octanol–water partition coefficient (Wildman–Crippen LogP) is 3.42. The minimum Gasteiger partial charge on any atom is -0.496 e. The lowest BCUT2D eigenvalue weighted by atomic mass is 9.95. The number of hydrogen-bond donors (Lipinski definition) is 1. The van der Waals surface area contributed by atoms with Gasteiger partial charge < -0.3 is 14.8 Å². The molecule has 0 aliphatic carbocycles. The van der Waals surface area contributed by atoms with Gasteiger partial charge in [0.25, 0.3) is 0 Å². The van der Waals surface area contributed by atoms with Gasteiger partial charge in [-0.1, -0.05) is 6.42 Å². The first-order chi connectivity index (χ1) is 9.65. The molecule has 4 heteroatoms. The maximum atomic E-state index is 13.6. The molecule has 0 amide bonds. The van der Waals surface area contributed by atoms with E-state index in [2.05, 4.69) is 5.32 Å². The SMILES string of the molecule is COc1cc(C(C)F)c(OC)cc1CC1CCCCN1. The molecule has 1 aliphatic heterocycles. The number of alkyl halides is 1. The minimum atomic E-state index is -1.07. The number of halogens is 1. The Kier molecular flexibility index (Phi) is 5.24. The van der Waals surface area contributed by atoms with Crippen molar-refractivity contribution in [3.05, 3.63) is 23.3 Å². The highest BCUT2D eigenvalue weighted by Gasteiger charge is 2.19. The molecule has 3 nitrogen and oxygen atoms in total. The standard InChI is InChI=1S/C16H24FNO2/c1-11(17)14-10-15(19-2)12(9-16(14)20-3)8-13-6-4-5-7-18-13/h9-11,13,18H,4-8H2,1-3H3. The van der Waals surface area contributed by atoms with Gasteiger partial charge in [-0.2, -0.15) is 0 Å². The van der Waals surface area contributed by atoms with Gasteiger partial charge >= 0.3 is 0 Å². The molecule has 1 aliphatic rings. The van der Waals surface area contributed by atoms with Crippen molar-refractivity contribution in [3.63, 3.8) is 0 Å². The van der Waals surface area contributed by atoms with Crippen LogP contribution >= 0.6 is 0 Å². The molecule has 0 aromatic heterocycles. The summed E-state index contributed by atoms with van der Waals surface area (Å²) >= 11 is 0. The van der Waals surface area contributed by atoms with Gasteiger partial charge in [-0.25, -0.2) is 4.39 Å². The maximum Gasteiger partial charge on any atom is 0.126 e. The fourth-order valence-electron chi connectivity index (χ4n) is 2.82. The van der Waals surface area contributed by atoms with Crippen LogP contribution in [0.15, 0.2) is 12.1 Å². The molecule has 2 unspecified atom stereocenters. The number of hydrogen-bond acceptors (Lipinski definition) is 3. The third-order valence-electron chi connectivity index (χ3n) is 3.94. The Balaban J connectivity index is 2.26. The summed E-state index contributed by atoms with van der Waals surface area (Å²) in [6.07, 6.45) is 3.50. The summed E-state index contributed by atoms with van der Waals surface area (Å²) in [5.41, 5.74) is 1.62. The molecule has 2 atom stereocenters. The first-order valence-electron chi connectivity index (χ1n) is 7.28. The lowest BCUT2D eigenvalue weighted by Gasteiger charge is -2.25. The lowest BCUT2D eigenvalue weighted by Crippen LogP contribution is -2.35. The van der Waals surface area contributed by atoms with E-state index in [1.165, 1.54) is 26.2 Å². The van der Waals surface area contributed by atoms with Crippen LogP contribution in [0.2, 0.25) is 0 Å². The normalized spacial score (nSPS) is 20.5. The first-order valence-corrected chi connectivity index (χ1v) is 7.28. The highest BCUT2D eigenvalue weighted by atomic mass is 19.1. The number of piperidine rings is 1. The second kappa shape index (κ2) is 6.93. The van der Waals surface area contributed by atoms with Gasteiger partial charge in [-0.05, 0) is 50.4 Å². The van der Waals surface area contributed by atoms with E-state index in [9.17, 15) is 4.39 Å². The predicted molar refractivity (Wildman–Crippen MR) is 78.4 cm³/mol. The number of benzene rings is 1. The molecule has 0 spiro atoms. The van der Waals surface area contributed by atoms with Gasteiger partial charge in [0.2, 0.25) is 0 Å². The van der Waals surface area contributed by atoms with E-state index in [0.717, 1.165) is 24.3 Å². The number of methoxy groups -OCH3 is 2. The molecular weight excluding hydrogens is 257 g/mol. The van der Waals surface area contributed by atoms with Crippen molar-refractivity contribution in [1.29, 1.82) is 0 Å². The summed E-state index contributed by atoms with van der Waals surface area (Å²) in [6.45, 7) is 2.59. The summed E-state index contributed by atoms with van der Waals surface area (Å²) in [5, 5.41) is 3.52. The zero-order valence-electron chi connectivity index (χ0n) is 12.5. The molecule has 2 rings (SSSR count). The average Bonchev–Trinajstić information content (AvgIpc) is 2.47. The van der Waals surface area contributed by atoms with E-state index in [0.29, 0.717) is 17.4 Å². The Morgan fingerprint density at radius 2 is 2.00 bits per heavy atom. The van der Waals surface area contributed by atoms with Crippen molar-refractivity contribution < 1.29 is 13.9 Å². The fourth-order valence-corrected chi connectivity index (χ4v) is 2.82. The third kappa shape index (κ3) is 3.42. The average molecular weight is 281 g/mol. The Morgan fingerprint density at radius 3 is 2.55 bits per heavy atom. The molecule has 1 aromatic rings. The van der Waals surface area contributed by atoms with E-state index < -0.39 is 6.17 Å². The van der Waals surface area contributed by atoms with E-state index in [1.54, 1.807) is 20.3 Å². The van der Waals surface area contributed by atoms with Gasteiger partial charge in [0.1, 0.15) is 17.7 Å². The first kappa shape index (κ1) is 15.1. The summed E-state index contributed by atoms with van der Waals surface area (Å²) in [5.74, 6) is 1.35. The van der Waals surface area contributed by atoms with Crippen LogP contribution in [0.5, 0.6) is 11.5 Å². The van der Waals surface area contributed by atoms with Crippen LogP contribution in [0.3, 0.4) is 0 Å². The molecule has 1 saturated heterocycles. The van der Waals surface area contributed by atoms with Gasteiger partial charge in [0, 0.05) is 11.6 Å². The number of ether oxygens (including phenoxy) is 2. The van der Waals surface area contributed by atoms with E-state index in [1.807, 2.05) is 6.07 Å². The largest absolute Gasteiger partial charge is 0.496 e. The smallest absolute Gasteiger partial charge is 0.126 e. The molecule has 0 radical (unpaired) electrons. The zero-order valence-corrected chi connectivity index (χ0v) is 12.5. The van der Waals surface area contributed by atoms with Gasteiger partial charge in [0.15, 0.2) is 0 Å². The van der Waals surface area contributed by atoms with Crippen molar-refractivity contribution in [2.45, 2.75) is 44.8 Å². The summed E-state index contributed by atoms with van der Waals surface area (Å²) in [6, 6.07) is 4.15. The monoisotopic (exact) mass is 281 g/mol. The Morgan fingerprint density at radius 1 is 1.25 bits per heavy atom. The van der Waals surface area contributed by atoms with Crippen LogP contribution in [-0.2, 0) is 6.42 Å².